The third-order valence-corrected chi connectivity index (χ3v) is 8.07. The predicted octanol–water partition coefficient (Wildman–Crippen LogP) is 4.73. The topological polar surface area (TPSA) is 70.5 Å². The molecule has 0 bridgehead atoms. The Bertz CT molecular complexity index is 1230. The number of thioether (sulfide) groups is 1. The number of amides is 2. The Morgan fingerprint density at radius 1 is 1.28 bits per heavy atom. The molecule has 0 fully saturated rings. The first-order chi connectivity index (χ1) is 17.1. The van der Waals surface area contributed by atoms with Crippen LogP contribution in [0.15, 0.2) is 41.1 Å². The van der Waals surface area contributed by atoms with Gasteiger partial charge in [-0.2, -0.15) is 16.4 Å². The normalized spacial score (nSPS) is 16.2. The Morgan fingerprint density at radius 3 is 2.69 bits per heavy atom. The fraction of sp³-hybridized carbons (Fsp3) is 0.423. The third kappa shape index (κ3) is 5.80. The van der Waals surface area contributed by atoms with E-state index in [0.717, 1.165) is 29.1 Å². The van der Waals surface area contributed by atoms with E-state index in [1.807, 2.05) is 43.3 Å². The number of halogens is 1. The summed E-state index contributed by atoms with van der Waals surface area (Å²) in [5.74, 6) is 0.576. The van der Waals surface area contributed by atoms with Crippen molar-refractivity contribution in [1.29, 1.82) is 0 Å². The Kier molecular flexibility index (Phi) is 8.14. The first-order valence-electron chi connectivity index (χ1n) is 11.8. The van der Waals surface area contributed by atoms with Crippen LogP contribution in [-0.4, -0.2) is 66.0 Å². The smallest absolute Gasteiger partial charge is 0.240 e. The van der Waals surface area contributed by atoms with E-state index in [9.17, 15) is 9.59 Å². The van der Waals surface area contributed by atoms with E-state index in [1.165, 1.54) is 0 Å². The summed E-state index contributed by atoms with van der Waals surface area (Å²) in [5, 5.41) is 12.7. The maximum atomic E-state index is 13.6. The zero-order chi connectivity index (χ0) is 26.0. The molecule has 2 amide bonds. The van der Waals surface area contributed by atoms with Crippen LogP contribution in [0.5, 0.6) is 0 Å². The molecule has 4 rings (SSSR count). The van der Waals surface area contributed by atoms with Crippen molar-refractivity contribution >= 4 is 52.3 Å². The molecule has 0 saturated carbocycles. The largest absolute Gasteiger partial charge is 0.353 e. The molecule has 1 aliphatic rings. The molecule has 0 aliphatic carbocycles. The maximum Gasteiger partial charge on any atom is 0.240 e. The van der Waals surface area contributed by atoms with Crippen molar-refractivity contribution in [3.05, 3.63) is 62.9 Å². The lowest BCUT2D eigenvalue weighted by atomic mass is 9.87. The molecular formula is C26H32ClN5O2S2. The molecule has 1 aliphatic heterocycles. The number of hydrogen-bond donors (Lipinski definition) is 1. The van der Waals surface area contributed by atoms with Crippen LogP contribution in [0.2, 0.25) is 5.02 Å². The summed E-state index contributed by atoms with van der Waals surface area (Å²) in [6.45, 7) is 7.52. The van der Waals surface area contributed by atoms with Crippen molar-refractivity contribution in [3.8, 4) is 5.69 Å². The number of benzene rings is 1. The van der Waals surface area contributed by atoms with Crippen molar-refractivity contribution in [3.63, 3.8) is 0 Å². The van der Waals surface area contributed by atoms with Gasteiger partial charge in [-0.25, -0.2) is 4.68 Å². The quantitative estimate of drug-likeness (QED) is 0.465. The number of rotatable bonds is 7. The van der Waals surface area contributed by atoms with Gasteiger partial charge in [0.15, 0.2) is 0 Å². The van der Waals surface area contributed by atoms with Gasteiger partial charge in [-0.3, -0.25) is 14.5 Å². The minimum absolute atomic E-state index is 0.0774. The number of nitrogens with one attached hydrogen (secondary N) is 1. The maximum absolute atomic E-state index is 13.6. The van der Waals surface area contributed by atoms with Crippen molar-refractivity contribution in [2.45, 2.75) is 31.4 Å². The number of thiophene rings is 1. The lowest BCUT2D eigenvalue weighted by Gasteiger charge is -2.24. The summed E-state index contributed by atoms with van der Waals surface area (Å²) in [6, 6.07) is 9.53. The van der Waals surface area contributed by atoms with Gasteiger partial charge < -0.3 is 10.2 Å². The van der Waals surface area contributed by atoms with Gasteiger partial charge in [-0.05, 0) is 54.7 Å². The highest BCUT2D eigenvalue weighted by Gasteiger charge is 2.40. The summed E-state index contributed by atoms with van der Waals surface area (Å²) in [4.78, 5) is 30.2. The molecule has 1 N–H and O–H groups in total. The summed E-state index contributed by atoms with van der Waals surface area (Å²) >= 11 is 9.57. The van der Waals surface area contributed by atoms with E-state index in [2.05, 4.69) is 42.9 Å². The summed E-state index contributed by atoms with van der Waals surface area (Å²) in [7, 11) is 3.91. The summed E-state index contributed by atoms with van der Waals surface area (Å²) in [5.41, 5.74) is 3.45. The first-order valence-corrected chi connectivity index (χ1v) is 14.2. The van der Waals surface area contributed by atoms with Crippen LogP contribution >= 0.6 is 34.7 Å². The van der Waals surface area contributed by atoms with Gasteiger partial charge in [-0.15, -0.1) is 11.8 Å². The number of fused-ring (bicyclic) bond motifs is 1. The Labute approximate surface area is 225 Å². The summed E-state index contributed by atoms with van der Waals surface area (Å²) in [6.07, 6.45) is 0. The lowest BCUT2D eigenvalue weighted by Crippen LogP contribution is -2.43. The molecule has 2 aromatic heterocycles. The van der Waals surface area contributed by atoms with E-state index < -0.39 is 0 Å². The van der Waals surface area contributed by atoms with Crippen LogP contribution in [-0.2, 0) is 15.0 Å². The number of hydrogen-bond acceptors (Lipinski definition) is 6. The van der Waals surface area contributed by atoms with Gasteiger partial charge in [0.25, 0.3) is 0 Å². The number of aromatic nitrogens is 2. The zero-order valence-corrected chi connectivity index (χ0v) is 23.6. The average Bonchev–Trinajstić information content (AvgIpc) is 3.43. The Hall–Kier alpha value is -2.33. The molecule has 0 radical (unpaired) electrons. The second-order valence-electron chi connectivity index (χ2n) is 10.1. The van der Waals surface area contributed by atoms with E-state index in [-0.39, 0.29) is 34.8 Å². The van der Waals surface area contributed by atoms with Crippen LogP contribution in [0, 0.1) is 0 Å². The molecule has 36 heavy (non-hydrogen) atoms. The van der Waals surface area contributed by atoms with E-state index in [1.54, 1.807) is 32.7 Å². The van der Waals surface area contributed by atoms with E-state index in [4.69, 9.17) is 16.7 Å². The van der Waals surface area contributed by atoms with Crippen molar-refractivity contribution in [1.82, 2.24) is 20.0 Å². The van der Waals surface area contributed by atoms with Gasteiger partial charge in [-0.1, -0.05) is 38.4 Å². The number of likely N-dealkylation sites (N-methyl/N-ethyl adjacent to an activating group) is 1. The number of carbonyl (C=O) groups is 2. The van der Waals surface area contributed by atoms with Crippen LogP contribution in [0.25, 0.3) is 5.69 Å². The molecule has 3 aromatic rings. The van der Waals surface area contributed by atoms with E-state index in [0.29, 0.717) is 17.4 Å². The lowest BCUT2D eigenvalue weighted by molar-refractivity contribution is -0.122. The number of nitrogens with zero attached hydrogens (tertiary/aromatic N) is 4. The SMILES string of the molecule is CN(C)CCNC(=O)CN1C(=O)CS[C@@H](c2ccsc2)c2c(C(C)(C)C)nn(-c3cccc(Cl)c3)c21. The second-order valence-corrected chi connectivity index (χ2v) is 12.4. The van der Waals surface area contributed by atoms with Gasteiger partial charge in [0, 0.05) is 29.1 Å². The Morgan fingerprint density at radius 2 is 2.06 bits per heavy atom. The molecule has 7 nitrogen and oxygen atoms in total. The standard InChI is InChI=1S/C26H32ClN5O2S2/c1-26(2,3)24-22-23(17-9-12-35-15-17)36-16-21(34)31(14-20(33)28-10-11-30(4)5)25(22)32(29-24)19-8-6-7-18(27)13-19/h6-9,12-13,15,23H,10-11,14,16H2,1-5H3,(H,28,33)/t23-/m0/s1. The van der Waals surface area contributed by atoms with Crippen LogP contribution in [0.1, 0.15) is 42.8 Å². The number of anilines is 1. The second kappa shape index (κ2) is 11.0. The molecule has 0 saturated heterocycles. The predicted molar refractivity (Wildman–Crippen MR) is 150 cm³/mol. The molecular weight excluding hydrogens is 514 g/mol. The molecule has 192 valence electrons. The molecule has 1 atom stereocenters. The van der Waals surface area contributed by atoms with Crippen LogP contribution in [0.3, 0.4) is 0 Å². The zero-order valence-electron chi connectivity index (χ0n) is 21.2. The fourth-order valence-corrected chi connectivity index (χ4v) is 6.31. The average molecular weight is 546 g/mol. The van der Waals surface area contributed by atoms with Gasteiger partial charge in [0.05, 0.1) is 22.4 Å². The monoisotopic (exact) mass is 545 g/mol. The Balaban J connectivity index is 1.89. The van der Waals surface area contributed by atoms with Crippen molar-refractivity contribution in [2.24, 2.45) is 0 Å². The van der Waals surface area contributed by atoms with Crippen LogP contribution < -0.4 is 10.2 Å². The van der Waals surface area contributed by atoms with Gasteiger partial charge in [0.1, 0.15) is 12.4 Å². The van der Waals surface area contributed by atoms with Gasteiger partial charge >= 0.3 is 0 Å². The minimum atomic E-state index is -0.296. The molecule has 10 heteroatoms. The summed E-state index contributed by atoms with van der Waals surface area (Å²) < 4.78 is 1.79. The highest BCUT2D eigenvalue weighted by Crippen LogP contribution is 2.48. The third-order valence-electron chi connectivity index (χ3n) is 5.88. The van der Waals surface area contributed by atoms with Gasteiger partial charge in [0.2, 0.25) is 11.8 Å². The first kappa shape index (κ1) is 26.7. The van der Waals surface area contributed by atoms with Crippen molar-refractivity contribution in [2.75, 3.05) is 44.4 Å². The molecule has 0 unspecified atom stereocenters. The number of carbonyl (C=O) groups excluding carboxylic acids is 2. The van der Waals surface area contributed by atoms with Crippen molar-refractivity contribution < 1.29 is 9.59 Å². The molecule has 3 heterocycles. The van der Waals surface area contributed by atoms with E-state index >= 15 is 0 Å². The fourth-order valence-electron chi connectivity index (χ4n) is 4.17. The van der Waals surface area contributed by atoms with Crippen LogP contribution in [0.4, 0.5) is 5.82 Å². The molecule has 0 spiro atoms. The molecule has 1 aromatic carbocycles. The highest BCUT2D eigenvalue weighted by molar-refractivity contribution is 8.00. The highest BCUT2D eigenvalue weighted by atomic mass is 35.5. The minimum Gasteiger partial charge on any atom is -0.353 e.